The largest absolute Gasteiger partial charge is 0.462 e. The Balaban J connectivity index is 4.41. The number of hydrogen-bond acceptors (Lipinski definition) is 6. The van der Waals surface area contributed by atoms with Gasteiger partial charge in [0, 0.05) is 12.8 Å². The summed E-state index contributed by atoms with van der Waals surface area (Å²) in [6.45, 7) is 6.42. The summed E-state index contributed by atoms with van der Waals surface area (Å²) < 4.78 is 16.8. The lowest BCUT2D eigenvalue weighted by Gasteiger charge is -2.18. The van der Waals surface area contributed by atoms with Crippen LogP contribution in [0.1, 0.15) is 297 Å². The maximum atomic E-state index is 12.9. The van der Waals surface area contributed by atoms with Crippen LogP contribution in [0.25, 0.3) is 0 Å². The Morgan fingerprint density at radius 1 is 0.289 bits per heavy atom. The van der Waals surface area contributed by atoms with Gasteiger partial charge in [0.15, 0.2) is 6.10 Å². The van der Waals surface area contributed by atoms with Gasteiger partial charge in [-0.1, -0.05) is 278 Å². The third kappa shape index (κ3) is 60.9. The summed E-state index contributed by atoms with van der Waals surface area (Å²) in [5, 5.41) is 0. The summed E-state index contributed by atoms with van der Waals surface area (Å²) in [5.74, 6) is -1.05. The first-order chi connectivity index (χ1) is 37.5. The molecule has 0 amide bonds. The number of carbonyl (C=O) groups excluding carboxylic acids is 3. The van der Waals surface area contributed by atoms with Crippen molar-refractivity contribution < 1.29 is 28.6 Å². The average molecular weight is 1060 g/mol. The SMILES string of the molecule is CC/C=C\C/C=C\C/C=C\C/C=C\C/C=C\CC(=O)OCC(COC(=O)CCCCCCCCCCCCCCC/C=C\C/C=C\CCCCCCC)OC(=O)CCCCCCCCC/C=C\C/C=C\CCCCCC. The molecule has 0 saturated carbocycles. The monoisotopic (exact) mass is 1050 g/mol. The van der Waals surface area contributed by atoms with E-state index in [9.17, 15) is 14.4 Å². The molecule has 0 spiro atoms. The summed E-state index contributed by atoms with van der Waals surface area (Å²) in [4.78, 5) is 38.2. The second kappa shape index (κ2) is 63.6. The molecule has 0 fully saturated rings. The minimum Gasteiger partial charge on any atom is -0.462 e. The van der Waals surface area contributed by atoms with Crippen molar-refractivity contribution in [3.8, 4) is 0 Å². The maximum Gasteiger partial charge on any atom is 0.309 e. The average Bonchev–Trinajstić information content (AvgIpc) is 3.42. The molecule has 0 radical (unpaired) electrons. The zero-order chi connectivity index (χ0) is 55.0. The van der Waals surface area contributed by atoms with Crippen LogP contribution < -0.4 is 0 Å². The van der Waals surface area contributed by atoms with Gasteiger partial charge in [-0.2, -0.15) is 0 Å². The van der Waals surface area contributed by atoms with E-state index in [0.29, 0.717) is 12.8 Å². The van der Waals surface area contributed by atoms with Crippen LogP contribution >= 0.6 is 0 Å². The van der Waals surface area contributed by atoms with Gasteiger partial charge in [0.05, 0.1) is 6.42 Å². The highest BCUT2D eigenvalue weighted by Crippen LogP contribution is 2.16. The molecule has 6 nitrogen and oxygen atoms in total. The Labute approximate surface area is 470 Å². The van der Waals surface area contributed by atoms with Gasteiger partial charge in [-0.15, -0.1) is 0 Å². The topological polar surface area (TPSA) is 78.9 Å². The van der Waals surface area contributed by atoms with E-state index in [1.807, 2.05) is 6.08 Å². The summed E-state index contributed by atoms with van der Waals surface area (Å²) >= 11 is 0. The van der Waals surface area contributed by atoms with E-state index in [4.69, 9.17) is 14.2 Å². The van der Waals surface area contributed by atoms with Crippen LogP contribution in [0.5, 0.6) is 0 Å². The van der Waals surface area contributed by atoms with Crippen LogP contribution in [0.15, 0.2) is 109 Å². The van der Waals surface area contributed by atoms with E-state index in [2.05, 4.69) is 118 Å². The van der Waals surface area contributed by atoms with E-state index >= 15 is 0 Å². The minimum atomic E-state index is -0.825. The van der Waals surface area contributed by atoms with Gasteiger partial charge in [0.2, 0.25) is 0 Å². The van der Waals surface area contributed by atoms with Gasteiger partial charge in [-0.05, 0) is 109 Å². The number of allylic oxidation sites excluding steroid dienone is 17. The van der Waals surface area contributed by atoms with E-state index in [0.717, 1.165) is 89.9 Å². The van der Waals surface area contributed by atoms with E-state index in [-0.39, 0.29) is 31.6 Å². The van der Waals surface area contributed by atoms with Crippen molar-refractivity contribution in [2.24, 2.45) is 0 Å². The molecular weight excluding hydrogens is 937 g/mol. The van der Waals surface area contributed by atoms with E-state index < -0.39 is 12.1 Å². The fraction of sp³-hybridized carbons (Fsp3) is 0.700. The van der Waals surface area contributed by atoms with Crippen LogP contribution in [0.3, 0.4) is 0 Å². The zero-order valence-electron chi connectivity index (χ0n) is 49.7. The molecule has 6 heteroatoms. The van der Waals surface area contributed by atoms with Gasteiger partial charge >= 0.3 is 17.9 Å². The molecule has 0 heterocycles. The minimum absolute atomic E-state index is 0.112. The molecule has 0 aromatic rings. The molecule has 0 rings (SSSR count). The molecule has 0 aliphatic rings. The molecule has 434 valence electrons. The van der Waals surface area contributed by atoms with Crippen molar-refractivity contribution in [3.63, 3.8) is 0 Å². The first-order valence-electron chi connectivity index (χ1n) is 31.9. The highest BCUT2D eigenvalue weighted by molar-refractivity contribution is 5.72. The van der Waals surface area contributed by atoms with Crippen LogP contribution in [0, 0.1) is 0 Å². The highest BCUT2D eigenvalue weighted by Gasteiger charge is 2.19. The van der Waals surface area contributed by atoms with Crippen molar-refractivity contribution in [2.45, 2.75) is 303 Å². The Morgan fingerprint density at radius 3 is 0.934 bits per heavy atom. The van der Waals surface area contributed by atoms with Crippen molar-refractivity contribution >= 4 is 17.9 Å². The van der Waals surface area contributed by atoms with Gasteiger partial charge in [-0.3, -0.25) is 14.4 Å². The number of hydrogen-bond donors (Lipinski definition) is 0. The lowest BCUT2D eigenvalue weighted by atomic mass is 10.0. The lowest BCUT2D eigenvalue weighted by molar-refractivity contribution is -0.166. The smallest absolute Gasteiger partial charge is 0.309 e. The second-order valence-corrected chi connectivity index (χ2v) is 20.9. The molecule has 0 aromatic carbocycles. The summed E-state index contributed by atoms with van der Waals surface area (Å²) in [6.07, 6.45) is 86.9. The summed E-state index contributed by atoms with van der Waals surface area (Å²) in [7, 11) is 0. The van der Waals surface area contributed by atoms with Gasteiger partial charge in [-0.25, -0.2) is 0 Å². The van der Waals surface area contributed by atoms with Crippen LogP contribution in [0.4, 0.5) is 0 Å². The van der Waals surface area contributed by atoms with Crippen LogP contribution in [-0.2, 0) is 28.6 Å². The first-order valence-corrected chi connectivity index (χ1v) is 31.9. The molecule has 0 aromatic heterocycles. The number of rotatable bonds is 57. The number of ether oxygens (including phenoxy) is 3. The number of esters is 3. The predicted molar refractivity (Wildman–Crippen MR) is 330 cm³/mol. The lowest BCUT2D eigenvalue weighted by Crippen LogP contribution is -2.30. The molecule has 0 aliphatic carbocycles. The maximum absolute atomic E-state index is 12.9. The van der Waals surface area contributed by atoms with Crippen LogP contribution in [-0.4, -0.2) is 37.2 Å². The summed E-state index contributed by atoms with van der Waals surface area (Å²) in [5.41, 5.74) is 0. The normalized spacial score (nSPS) is 12.8. The van der Waals surface area contributed by atoms with E-state index in [1.165, 1.54) is 167 Å². The standard InChI is InChI=1S/C70H118O6/c1-4-7-10-13-16-19-22-25-28-30-32-33-34-35-36-37-38-40-42-45-48-51-54-57-60-63-69(72)75-66-67(65-74-68(71)62-59-56-53-50-47-44-41-27-24-21-18-15-12-9-6-3)76-70(73)64-61-58-55-52-49-46-43-39-31-29-26-23-20-17-14-11-8-5-2/h9,12,18,20-23,25,27,29-32,41,47,50,56,59,67H,4-8,10-11,13-17,19,24,26,28,33-40,42-46,48-49,51-55,57-58,60-66H2,1-3H3/b12-9-,21-18-,23-20-,25-22-,31-29-,32-30-,41-27-,50-47-,59-56-. The third-order valence-corrected chi connectivity index (χ3v) is 13.5. The zero-order valence-corrected chi connectivity index (χ0v) is 49.7. The van der Waals surface area contributed by atoms with Gasteiger partial charge in [0.1, 0.15) is 13.2 Å². The fourth-order valence-electron chi connectivity index (χ4n) is 8.75. The molecule has 0 aliphatic heterocycles. The Morgan fingerprint density at radius 2 is 0.566 bits per heavy atom. The number of unbranched alkanes of at least 4 members (excludes halogenated alkanes) is 29. The molecule has 1 unspecified atom stereocenters. The van der Waals surface area contributed by atoms with Crippen molar-refractivity contribution in [1.82, 2.24) is 0 Å². The Hall–Kier alpha value is -3.93. The molecule has 1 atom stereocenters. The van der Waals surface area contributed by atoms with Crippen molar-refractivity contribution in [1.29, 1.82) is 0 Å². The quantitative estimate of drug-likeness (QED) is 0.0261. The van der Waals surface area contributed by atoms with Crippen LogP contribution in [0.2, 0.25) is 0 Å². The van der Waals surface area contributed by atoms with Gasteiger partial charge < -0.3 is 14.2 Å². The number of carbonyl (C=O) groups is 3. The molecular formula is C70H118O6. The van der Waals surface area contributed by atoms with Gasteiger partial charge in [0.25, 0.3) is 0 Å². The predicted octanol–water partition coefficient (Wildman–Crippen LogP) is 21.8. The van der Waals surface area contributed by atoms with Crippen molar-refractivity contribution in [3.05, 3.63) is 109 Å². The third-order valence-electron chi connectivity index (χ3n) is 13.5. The van der Waals surface area contributed by atoms with Crippen molar-refractivity contribution in [2.75, 3.05) is 13.2 Å². The first kappa shape index (κ1) is 72.1. The molecule has 0 N–H and O–H groups in total. The Bertz CT molecular complexity index is 1540. The molecule has 0 saturated heterocycles. The molecule has 76 heavy (non-hydrogen) atoms. The fourth-order valence-corrected chi connectivity index (χ4v) is 8.75. The molecule has 0 bridgehead atoms. The van der Waals surface area contributed by atoms with E-state index in [1.54, 1.807) is 6.08 Å². The highest BCUT2D eigenvalue weighted by atomic mass is 16.6. The Kier molecular flexibility index (Phi) is 60.3. The second-order valence-electron chi connectivity index (χ2n) is 20.9. The summed E-state index contributed by atoms with van der Waals surface area (Å²) in [6, 6.07) is 0.